The van der Waals surface area contributed by atoms with Crippen LogP contribution in [-0.4, -0.2) is 27.6 Å². The molecule has 0 radical (unpaired) electrons. The number of anilines is 1. The summed E-state index contributed by atoms with van der Waals surface area (Å²) >= 11 is 0. The summed E-state index contributed by atoms with van der Waals surface area (Å²) in [4.78, 5) is 12.4. The summed E-state index contributed by atoms with van der Waals surface area (Å²) in [7, 11) is -2.14. The van der Waals surface area contributed by atoms with Gasteiger partial charge in [-0.15, -0.1) is 0 Å². The molecule has 2 aromatic carbocycles. The zero-order chi connectivity index (χ0) is 17.2. The minimum absolute atomic E-state index is 0.129. The maximum Gasteiger partial charge on any atom is 0.258 e. The summed E-state index contributed by atoms with van der Waals surface area (Å²) in [5, 5.41) is 5.59. The summed E-state index contributed by atoms with van der Waals surface area (Å²) in [6.45, 7) is 0.282. The van der Waals surface area contributed by atoms with Crippen molar-refractivity contribution < 1.29 is 17.9 Å². The Bertz CT molecular complexity index is 850. The molecular weight excluding hydrogens is 330 g/mol. The van der Waals surface area contributed by atoms with Crippen molar-refractivity contribution in [3.05, 3.63) is 54.1 Å². The molecule has 0 fully saturated rings. The van der Waals surface area contributed by atoms with Crippen molar-refractivity contribution >= 4 is 21.6 Å². The Morgan fingerprint density at radius 2 is 1.88 bits per heavy atom. The van der Waals surface area contributed by atoms with Crippen molar-refractivity contribution in [2.24, 2.45) is 0 Å². The third-order valence-corrected chi connectivity index (χ3v) is 5.12. The predicted molar refractivity (Wildman–Crippen MR) is 89.0 cm³/mol. The van der Waals surface area contributed by atoms with Crippen LogP contribution in [0.3, 0.4) is 0 Å². The van der Waals surface area contributed by atoms with Crippen molar-refractivity contribution in [2.45, 2.75) is 17.6 Å². The van der Waals surface area contributed by atoms with Crippen molar-refractivity contribution in [1.82, 2.24) is 10.0 Å². The van der Waals surface area contributed by atoms with Gasteiger partial charge in [-0.05, 0) is 29.8 Å². The number of ether oxygens (including phenoxy) is 1. The Morgan fingerprint density at radius 3 is 2.58 bits per heavy atom. The number of sulfonamides is 1. The number of carbonyl (C=O) groups is 1. The molecule has 1 unspecified atom stereocenters. The van der Waals surface area contributed by atoms with E-state index in [-0.39, 0.29) is 11.4 Å². The van der Waals surface area contributed by atoms with E-state index in [0.717, 1.165) is 11.3 Å². The first-order chi connectivity index (χ1) is 11.5. The van der Waals surface area contributed by atoms with Gasteiger partial charge in [0.2, 0.25) is 10.0 Å². The predicted octanol–water partition coefficient (Wildman–Crippen LogP) is 1.04. The second kappa shape index (κ2) is 6.50. The van der Waals surface area contributed by atoms with E-state index in [1.165, 1.54) is 6.07 Å². The quantitative estimate of drug-likeness (QED) is 0.768. The van der Waals surface area contributed by atoms with Crippen molar-refractivity contribution in [3.63, 3.8) is 0 Å². The Hall–Kier alpha value is -2.58. The molecule has 0 saturated heterocycles. The standard InChI is InChI=1S/C16H17N3O4S/c1-23-12-8-6-11(7-9-12)10-17-16(20)15-18-13-4-2-3-5-14(13)24(21,22)19-15/h2-9,15,18-19H,10H2,1H3,(H,17,20). The van der Waals surface area contributed by atoms with Gasteiger partial charge in [0.25, 0.3) is 5.91 Å². The zero-order valence-corrected chi connectivity index (χ0v) is 13.8. The van der Waals surface area contributed by atoms with Crippen LogP contribution in [0.2, 0.25) is 0 Å². The maximum atomic E-state index is 12.3. The van der Waals surface area contributed by atoms with Crippen molar-refractivity contribution in [1.29, 1.82) is 0 Å². The molecule has 0 bridgehead atoms. The van der Waals surface area contributed by atoms with Crippen LogP contribution >= 0.6 is 0 Å². The van der Waals surface area contributed by atoms with Crippen LogP contribution in [0.25, 0.3) is 0 Å². The lowest BCUT2D eigenvalue weighted by Gasteiger charge is -2.27. The van der Waals surface area contributed by atoms with Gasteiger partial charge in [0.05, 0.1) is 12.8 Å². The zero-order valence-electron chi connectivity index (χ0n) is 12.9. The monoisotopic (exact) mass is 347 g/mol. The molecule has 2 aromatic rings. The summed E-state index contributed by atoms with van der Waals surface area (Å²) < 4.78 is 31.8. The molecule has 1 aliphatic heterocycles. The van der Waals surface area contributed by atoms with Crippen molar-refractivity contribution in [2.75, 3.05) is 12.4 Å². The third-order valence-electron chi connectivity index (χ3n) is 3.64. The molecule has 0 saturated carbocycles. The van der Waals surface area contributed by atoms with Crippen LogP contribution in [0, 0.1) is 0 Å². The molecule has 24 heavy (non-hydrogen) atoms. The van der Waals surface area contributed by atoms with Gasteiger partial charge in [-0.25, -0.2) is 8.42 Å². The molecular formula is C16H17N3O4S. The lowest BCUT2D eigenvalue weighted by atomic mass is 10.2. The van der Waals surface area contributed by atoms with Gasteiger partial charge in [0.1, 0.15) is 10.6 Å². The minimum Gasteiger partial charge on any atom is -0.497 e. The third kappa shape index (κ3) is 3.34. The van der Waals surface area contributed by atoms with Crippen LogP contribution in [0.1, 0.15) is 5.56 Å². The molecule has 8 heteroatoms. The highest BCUT2D eigenvalue weighted by Crippen LogP contribution is 2.25. The molecule has 0 aromatic heterocycles. The fourth-order valence-electron chi connectivity index (χ4n) is 2.38. The average molecular weight is 347 g/mol. The Balaban J connectivity index is 1.68. The lowest BCUT2D eigenvalue weighted by Crippen LogP contribution is -2.53. The summed E-state index contributed by atoms with van der Waals surface area (Å²) in [5.41, 5.74) is 1.28. The van der Waals surface area contributed by atoms with Gasteiger partial charge in [-0.1, -0.05) is 24.3 Å². The number of hydrogen-bond acceptors (Lipinski definition) is 5. The average Bonchev–Trinajstić information content (AvgIpc) is 2.59. The van der Waals surface area contributed by atoms with Crippen LogP contribution < -0.4 is 20.1 Å². The van der Waals surface area contributed by atoms with E-state index in [1.54, 1.807) is 37.4 Å². The largest absolute Gasteiger partial charge is 0.497 e. The number of methoxy groups -OCH3 is 1. The number of nitrogens with one attached hydrogen (secondary N) is 3. The second-order valence-electron chi connectivity index (χ2n) is 5.26. The highest BCUT2D eigenvalue weighted by atomic mass is 32.2. The smallest absolute Gasteiger partial charge is 0.258 e. The Morgan fingerprint density at radius 1 is 1.17 bits per heavy atom. The number of fused-ring (bicyclic) bond motifs is 1. The molecule has 1 aliphatic rings. The number of para-hydroxylation sites is 1. The van der Waals surface area contributed by atoms with E-state index < -0.39 is 22.1 Å². The van der Waals surface area contributed by atoms with Gasteiger partial charge in [-0.2, -0.15) is 4.72 Å². The molecule has 3 rings (SSSR count). The summed E-state index contributed by atoms with van der Waals surface area (Å²) in [5.74, 6) is 0.271. The first-order valence-electron chi connectivity index (χ1n) is 7.28. The fraction of sp³-hybridized carbons (Fsp3) is 0.188. The van der Waals surface area contributed by atoms with E-state index in [2.05, 4.69) is 15.4 Å². The number of carbonyl (C=O) groups excluding carboxylic acids is 1. The molecule has 7 nitrogen and oxygen atoms in total. The van der Waals surface area contributed by atoms with Gasteiger partial charge in [-0.3, -0.25) is 4.79 Å². The van der Waals surface area contributed by atoms with E-state index in [1.807, 2.05) is 12.1 Å². The fourth-order valence-corrected chi connectivity index (χ4v) is 3.65. The van der Waals surface area contributed by atoms with Gasteiger partial charge in [0, 0.05) is 6.54 Å². The molecule has 1 atom stereocenters. The second-order valence-corrected chi connectivity index (χ2v) is 6.94. The number of rotatable bonds is 4. The molecule has 0 spiro atoms. The maximum absolute atomic E-state index is 12.3. The lowest BCUT2D eigenvalue weighted by molar-refractivity contribution is -0.122. The number of benzene rings is 2. The topological polar surface area (TPSA) is 96.5 Å². The van der Waals surface area contributed by atoms with E-state index in [4.69, 9.17) is 4.74 Å². The SMILES string of the molecule is COc1ccc(CNC(=O)C2Nc3ccccc3S(=O)(=O)N2)cc1. The van der Waals surface area contributed by atoms with Crippen LogP contribution in [0.5, 0.6) is 5.75 Å². The number of hydrogen-bond donors (Lipinski definition) is 3. The van der Waals surface area contributed by atoms with E-state index in [0.29, 0.717) is 5.69 Å². The molecule has 1 amide bonds. The van der Waals surface area contributed by atoms with Crippen LogP contribution in [0.4, 0.5) is 5.69 Å². The Kier molecular flexibility index (Phi) is 4.41. The van der Waals surface area contributed by atoms with Gasteiger partial charge >= 0.3 is 0 Å². The molecule has 0 aliphatic carbocycles. The Labute approximate surface area is 140 Å². The van der Waals surface area contributed by atoms with Gasteiger partial charge in [0.15, 0.2) is 6.17 Å². The van der Waals surface area contributed by atoms with Crippen LogP contribution in [0.15, 0.2) is 53.4 Å². The summed E-state index contributed by atoms with van der Waals surface area (Å²) in [6.07, 6.45) is -1.05. The normalized spacial score (nSPS) is 18.1. The first-order valence-corrected chi connectivity index (χ1v) is 8.76. The van der Waals surface area contributed by atoms with Gasteiger partial charge < -0.3 is 15.4 Å². The van der Waals surface area contributed by atoms with E-state index in [9.17, 15) is 13.2 Å². The van der Waals surface area contributed by atoms with E-state index >= 15 is 0 Å². The minimum atomic E-state index is -3.72. The molecule has 1 heterocycles. The summed E-state index contributed by atoms with van der Waals surface area (Å²) in [6, 6.07) is 13.7. The van der Waals surface area contributed by atoms with Crippen molar-refractivity contribution in [3.8, 4) is 5.75 Å². The highest BCUT2D eigenvalue weighted by molar-refractivity contribution is 7.89. The van der Waals surface area contributed by atoms with Crippen LogP contribution in [-0.2, 0) is 21.4 Å². The highest BCUT2D eigenvalue weighted by Gasteiger charge is 2.32. The number of amides is 1. The molecule has 3 N–H and O–H groups in total. The first kappa shape index (κ1) is 16.3. The molecule has 126 valence electrons.